The van der Waals surface area contributed by atoms with Gasteiger partial charge in [0.15, 0.2) is 0 Å². The highest BCUT2D eigenvalue weighted by atomic mass is 16.3. The molecule has 2 nitrogen and oxygen atoms in total. The second kappa shape index (κ2) is 5.10. The number of aromatic hydroxyl groups is 1. The van der Waals surface area contributed by atoms with Gasteiger partial charge in [-0.05, 0) is 34.4 Å². The first kappa shape index (κ1) is 12.3. The zero-order chi connectivity index (χ0) is 13.9. The van der Waals surface area contributed by atoms with Gasteiger partial charge in [0, 0.05) is 0 Å². The Bertz CT molecular complexity index is 735. The standard InChI is InChI=1S/C18H15NO/c19-17-11-10-14(12-18(17)20)16-9-5-4-8-15(16)13-6-2-1-3-7-13/h1-12,20H,19H2. The van der Waals surface area contributed by atoms with E-state index in [1.165, 1.54) is 0 Å². The van der Waals surface area contributed by atoms with Crippen LogP contribution < -0.4 is 5.73 Å². The lowest BCUT2D eigenvalue weighted by molar-refractivity contribution is 0.478. The monoisotopic (exact) mass is 261 g/mol. The molecule has 3 rings (SSSR count). The molecule has 0 unspecified atom stereocenters. The lowest BCUT2D eigenvalue weighted by Gasteiger charge is -2.11. The van der Waals surface area contributed by atoms with E-state index in [2.05, 4.69) is 18.2 Å². The van der Waals surface area contributed by atoms with Crippen molar-refractivity contribution in [1.29, 1.82) is 0 Å². The predicted molar refractivity (Wildman–Crippen MR) is 83.4 cm³/mol. The molecular weight excluding hydrogens is 246 g/mol. The summed E-state index contributed by atoms with van der Waals surface area (Å²) < 4.78 is 0. The third-order valence-corrected chi connectivity index (χ3v) is 3.35. The number of phenolic OH excluding ortho intramolecular Hbond substituents is 1. The molecule has 0 fully saturated rings. The minimum atomic E-state index is 0.116. The number of rotatable bonds is 2. The number of nitrogens with two attached hydrogens (primary N) is 1. The van der Waals surface area contributed by atoms with Gasteiger partial charge in [0.25, 0.3) is 0 Å². The summed E-state index contributed by atoms with van der Waals surface area (Å²) in [4.78, 5) is 0. The number of hydrogen-bond acceptors (Lipinski definition) is 2. The van der Waals surface area contributed by atoms with Crippen molar-refractivity contribution < 1.29 is 5.11 Å². The molecule has 0 atom stereocenters. The summed E-state index contributed by atoms with van der Waals surface area (Å²) in [5.74, 6) is 0.116. The number of phenols is 1. The molecule has 0 spiro atoms. The van der Waals surface area contributed by atoms with Gasteiger partial charge in [-0.25, -0.2) is 0 Å². The van der Waals surface area contributed by atoms with Crippen molar-refractivity contribution in [2.24, 2.45) is 0 Å². The van der Waals surface area contributed by atoms with E-state index in [0.717, 1.165) is 22.3 Å². The van der Waals surface area contributed by atoms with Crippen molar-refractivity contribution in [2.75, 3.05) is 5.73 Å². The minimum Gasteiger partial charge on any atom is -0.506 e. The maximum Gasteiger partial charge on any atom is 0.139 e. The lowest BCUT2D eigenvalue weighted by atomic mass is 9.94. The first-order valence-electron chi connectivity index (χ1n) is 6.49. The largest absolute Gasteiger partial charge is 0.506 e. The zero-order valence-corrected chi connectivity index (χ0v) is 11.0. The van der Waals surface area contributed by atoms with E-state index in [1.807, 2.05) is 42.5 Å². The molecule has 0 saturated carbocycles. The maximum absolute atomic E-state index is 9.80. The quantitative estimate of drug-likeness (QED) is 0.533. The van der Waals surface area contributed by atoms with Crippen LogP contribution >= 0.6 is 0 Å². The summed E-state index contributed by atoms with van der Waals surface area (Å²) in [7, 11) is 0. The van der Waals surface area contributed by atoms with Crippen LogP contribution in [0.25, 0.3) is 22.3 Å². The van der Waals surface area contributed by atoms with Crippen molar-refractivity contribution in [3.05, 3.63) is 72.8 Å². The topological polar surface area (TPSA) is 46.2 Å². The first-order valence-corrected chi connectivity index (χ1v) is 6.49. The van der Waals surface area contributed by atoms with Gasteiger partial charge in [0.05, 0.1) is 5.69 Å². The Morgan fingerprint density at radius 2 is 1.25 bits per heavy atom. The Balaban J connectivity index is 2.17. The van der Waals surface area contributed by atoms with Crippen LogP contribution in [0, 0.1) is 0 Å². The Hall–Kier alpha value is -2.74. The fourth-order valence-electron chi connectivity index (χ4n) is 2.32. The summed E-state index contributed by atoms with van der Waals surface area (Å²) in [5, 5.41) is 9.80. The molecule has 0 saturated heterocycles. The van der Waals surface area contributed by atoms with Crippen LogP contribution in [0.3, 0.4) is 0 Å². The van der Waals surface area contributed by atoms with E-state index in [9.17, 15) is 5.11 Å². The van der Waals surface area contributed by atoms with E-state index in [0.29, 0.717) is 5.69 Å². The molecule has 0 aromatic heterocycles. The smallest absolute Gasteiger partial charge is 0.139 e. The van der Waals surface area contributed by atoms with Gasteiger partial charge in [-0.2, -0.15) is 0 Å². The van der Waals surface area contributed by atoms with Gasteiger partial charge in [0.1, 0.15) is 5.75 Å². The number of hydrogen-bond donors (Lipinski definition) is 2. The highest BCUT2D eigenvalue weighted by molar-refractivity contribution is 5.84. The molecule has 3 aromatic carbocycles. The van der Waals surface area contributed by atoms with Crippen molar-refractivity contribution in [1.82, 2.24) is 0 Å². The number of nitrogen functional groups attached to an aromatic ring is 1. The van der Waals surface area contributed by atoms with Crippen LogP contribution in [0.15, 0.2) is 72.8 Å². The molecule has 0 aliphatic rings. The Morgan fingerprint density at radius 3 is 1.90 bits per heavy atom. The molecule has 2 heteroatoms. The molecule has 0 aliphatic carbocycles. The number of anilines is 1. The van der Waals surface area contributed by atoms with Crippen molar-refractivity contribution in [2.45, 2.75) is 0 Å². The fourth-order valence-corrected chi connectivity index (χ4v) is 2.32. The molecule has 20 heavy (non-hydrogen) atoms. The molecule has 98 valence electrons. The molecular formula is C18H15NO. The zero-order valence-electron chi connectivity index (χ0n) is 11.0. The summed E-state index contributed by atoms with van der Waals surface area (Å²) >= 11 is 0. The van der Waals surface area contributed by atoms with Crippen LogP contribution in [0.4, 0.5) is 5.69 Å². The van der Waals surface area contributed by atoms with Gasteiger partial charge >= 0.3 is 0 Å². The van der Waals surface area contributed by atoms with Gasteiger partial charge in [-0.1, -0.05) is 60.7 Å². The molecule has 3 aromatic rings. The maximum atomic E-state index is 9.80. The van der Waals surface area contributed by atoms with E-state index >= 15 is 0 Å². The van der Waals surface area contributed by atoms with Gasteiger partial charge in [-0.15, -0.1) is 0 Å². The normalized spacial score (nSPS) is 10.4. The van der Waals surface area contributed by atoms with Gasteiger partial charge in [0.2, 0.25) is 0 Å². The molecule has 0 heterocycles. The summed E-state index contributed by atoms with van der Waals surface area (Å²) in [6.07, 6.45) is 0. The number of benzene rings is 3. The summed E-state index contributed by atoms with van der Waals surface area (Å²) in [5.41, 5.74) is 10.4. The summed E-state index contributed by atoms with van der Waals surface area (Å²) in [6, 6.07) is 23.7. The van der Waals surface area contributed by atoms with E-state index in [4.69, 9.17) is 5.73 Å². The van der Waals surface area contributed by atoms with Gasteiger partial charge in [-0.3, -0.25) is 0 Å². The van der Waals surface area contributed by atoms with Crippen LogP contribution in [0.2, 0.25) is 0 Å². The third kappa shape index (κ3) is 2.24. The molecule has 0 radical (unpaired) electrons. The Labute approximate surface area is 118 Å². The summed E-state index contributed by atoms with van der Waals surface area (Å²) in [6.45, 7) is 0. The molecule has 3 N–H and O–H groups in total. The van der Waals surface area contributed by atoms with E-state index in [1.54, 1.807) is 12.1 Å². The van der Waals surface area contributed by atoms with Crippen LogP contribution in [0.1, 0.15) is 0 Å². The second-order valence-corrected chi connectivity index (χ2v) is 4.69. The van der Waals surface area contributed by atoms with Crippen LogP contribution in [-0.2, 0) is 0 Å². The van der Waals surface area contributed by atoms with Crippen LogP contribution in [-0.4, -0.2) is 5.11 Å². The van der Waals surface area contributed by atoms with E-state index in [-0.39, 0.29) is 5.75 Å². The van der Waals surface area contributed by atoms with Gasteiger partial charge < -0.3 is 10.8 Å². The highest BCUT2D eigenvalue weighted by Gasteiger charge is 2.08. The predicted octanol–water partition coefficient (Wildman–Crippen LogP) is 4.31. The van der Waals surface area contributed by atoms with Crippen molar-refractivity contribution in [3.8, 4) is 28.0 Å². The lowest BCUT2D eigenvalue weighted by Crippen LogP contribution is -1.88. The Morgan fingerprint density at radius 1 is 0.650 bits per heavy atom. The van der Waals surface area contributed by atoms with Crippen molar-refractivity contribution in [3.63, 3.8) is 0 Å². The SMILES string of the molecule is Nc1ccc(-c2ccccc2-c2ccccc2)cc1O. The average Bonchev–Trinajstić information content (AvgIpc) is 2.51. The molecule has 0 bridgehead atoms. The van der Waals surface area contributed by atoms with Crippen molar-refractivity contribution >= 4 is 5.69 Å². The molecule has 0 amide bonds. The first-order chi connectivity index (χ1) is 9.75. The fraction of sp³-hybridized carbons (Fsp3) is 0. The second-order valence-electron chi connectivity index (χ2n) is 4.69. The van der Waals surface area contributed by atoms with Crippen LogP contribution in [0.5, 0.6) is 5.75 Å². The van der Waals surface area contributed by atoms with E-state index < -0.39 is 0 Å². The minimum absolute atomic E-state index is 0.116. The Kier molecular flexibility index (Phi) is 3.13. The molecule has 0 aliphatic heterocycles. The average molecular weight is 261 g/mol. The third-order valence-electron chi connectivity index (χ3n) is 3.35. The highest BCUT2D eigenvalue weighted by Crippen LogP contribution is 2.34.